The molecule has 0 atom stereocenters. The zero-order chi connectivity index (χ0) is 15.8. The second kappa shape index (κ2) is 5.67. The molecular weight excluding hydrogens is 335 g/mol. The molecule has 0 radical (unpaired) electrons. The molecule has 21 heavy (non-hydrogen) atoms. The summed E-state index contributed by atoms with van der Waals surface area (Å²) >= 11 is 11.4. The van der Waals surface area contributed by atoms with Crippen molar-refractivity contribution in [2.24, 2.45) is 0 Å². The van der Waals surface area contributed by atoms with Crippen LogP contribution >= 0.6 is 23.2 Å². The SMILES string of the molecule is Cc1ccc(N)c(C)c1S(=O)(=O)Nc1cc(Cl)nc(Cl)n1. The zero-order valence-corrected chi connectivity index (χ0v) is 13.5. The largest absolute Gasteiger partial charge is 0.398 e. The van der Waals surface area contributed by atoms with Crippen LogP contribution in [0.3, 0.4) is 0 Å². The molecule has 1 aromatic carbocycles. The number of nitrogens with one attached hydrogen (secondary N) is 1. The summed E-state index contributed by atoms with van der Waals surface area (Å²) in [6.07, 6.45) is 0. The Bertz CT molecular complexity index is 789. The maximum absolute atomic E-state index is 12.5. The molecule has 112 valence electrons. The quantitative estimate of drug-likeness (QED) is 0.505. The fourth-order valence-electron chi connectivity index (χ4n) is 1.89. The third-order valence-corrected chi connectivity index (χ3v) is 4.83. The predicted molar refractivity (Wildman–Crippen MR) is 83.2 cm³/mol. The van der Waals surface area contributed by atoms with E-state index in [4.69, 9.17) is 28.9 Å². The van der Waals surface area contributed by atoms with Crippen molar-refractivity contribution >= 4 is 44.7 Å². The first-order valence-corrected chi connectivity index (χ1v) is 8.03. The number of benzene rings is 1. The average Bonchev–Trinajstić information content (AvgIpc) is 2.32. The Morgan fingerprint density at radius 1 is 1.19 bits per heavy atom. The highest BCUT2D eigenvalue weighted by Crippen LogP contribution is 2.27. The van der Waals surface area contributed by atoms with Gasteiger partial charge in [-0.1, -0.05) is 17.7 Å². The van der Waals surface area contributed by atoms with Gasteiger partial charge >= 0.3 is 0 Å². The maximum Gasteiger partial charge on any atom is 0.263 e. The number of sulfonamides is 1. The number of rotatable bonds is 3. The topological polar surface area (TPSA) is 98.0 Å². The lowest BCUT2D eigenvalue weighted by Gasteiger charge is -2.14. The molecule has 0 saturated carbocycles. The number of aryl methyl sites for hydroxylation is 1. The molecule has 0 spiro atoms. The Balaban J connectivity index is 2.51. The van der Waals surface area contributed by atoms with Crippen molar-refractivity contribution in [2.45, 2.75) is 18.7 Å². The van der Waals surface area contributed by atoms with E-state index in [-0.39, 0.29) is 21.2 Å². The van der Waals surface area contributed by atoms with Gasteiger partial charge in [-0.25, -0.2) is 13.4 Å². The standard InChI is InChI=1S/C12H12Cl2N4O2S/c1-6-3-4-8(15)7(2)11(6)21(19,20)18-10-5-9(13)16-12(14)17-10/h3-5H,15H2,1-2H3,(H,16,17,18). The van der Waals surface area contributed by atoms with Crippen LogP contribution in [0.15, 0.2) is 23.1 Å². The minimum absolute atomic E-state index is 0.0128. The number of hydrogen-bond donors (Lipinski definition) is 2. The minimum Gasteiger partial charge on any atom is -0.398 e. The van der Waals surface area contributed by atoms with Gasteiger partial charge in [-0.3, -0.25) is 4.72 Å². The van der Waals surface area contributed by atoms with E-state index in [0.29, 0.717) is 16.8 Å². The molecule has 9 heteroatoms. The summed E-state index contributed by atoms with van der Waals surface area (Å²) in [4.78, 5) is 7.53. The molecule has 2 aromatic rings. The predicted octanol–water partition coefficient (Wildman–Crippen LogP) is 2.78. The number of nitrogens with zero attached hydrogens (tertiary/aromatic N) is 2. The molecule has 0 aliphatic rings. The van der Waals surface area contributed by atoms with Crippen molar-refractivity contribution in [2.75, 3.05) is 10.5 Å². The number of nitrogen functional groups attached to an aromatic ring is 1. The first-order chi connectivity index (χ1) is 9.70. The summed E-state index contributed by atoms with van der Waals surface area (Å²) in [6.45, 7) is 3.32. The third-order valence-electron chi connectivity index (χ3n) is 2.82. The molecule has 6 nitrogen and oxygen atoms in total. The molecule has 0 aliphatic carbocycles. The smallest absolute Gasteiger partial charge is 0.263 e. The monoisotopic (exact) mass is 346 g/mol. The van der Waals surface area contributed by atoms with Gasteiger partial charge in [-0.15, -0.1) is 0 Å². The van der Waals surface area contributed by atoms with Gasteiger partial charge in [-0.2, -0.15) is 4.98 Å². The van der Waals surface area contributed by atoms with Crippen molar-refractivity contribution in [1.29, 1.82) is 0 Å². The Labute approximate surface area is 132 Å². The van der Waals surface area contributed by atoms with Crippen molar-refractivity contribution in [3.63, 3.8) is 0 Å². The molecule has 0 bridgehead atoms. The molecule has 1 aromatic heterocycles. The van der Waals surface area contributed by atoms with Gasteiger partial charge in [-0.05, 0) is 42.6 Å². The molecule has 0 aliphatic heterocycles. The lowest BCUT2D eigenvalue weighted by molar-refractivity contribution is 0.600. The Kier molecular flexibility index (Phi) is 4.27. The number of hydrogen-bond acceptors (Lipinski definition) is 5. The van der Waals surface area contributed by atoms with Gasteiger partial charge in [0.25, 0.3) is 10.0 Å². The van der Waals surface area contributed by atoms with Crippen LogP contribution in [0.2, 0.25) is 10.4 Å². The summed E-state index contributed by atoms with van der Waals surface area (Å²) in [5.41, 5.74) is 7.19. The van der Waals surface area contributed by atoms with Crippen molar-refractivity contribution < 1.29 is 8.42 Å². The van der Waals surface area contributed by atoms with E-state index in [1.165, 1.54) is 6.07 Å². The van der Waals surface area contributed by atoms with Crippen molar-refractivity contribution in [3.05, 3.63) is 39.8 Å². The summed E-state index contributed by atoms with van der Waals surface area (Å²) in [5, 5.41) is -0.116. The fraction of sp³-hybridized carbons (Fsp3) is 0.167. The van der Waals surface area contributed by atoms with Crippen LogP contribution in [-0.4, -0.2) is 18.4 Å². The normalized spacial score (nSPS) is 11.4. The molecule has 1 heterocycles. The molecule has 0 amide bonds. The lowest BCUT2D eigenvalue weighted by atomic mass is 10.1. The Hall–Kier alpha value is -1.57. The van der Waals surface area contributed by atoms with Gasteiger partial charge in [0.2, 0.25) is 5.28 Å². The van der Waals surface area contributed by atoms with E-state index in [1.807, 2.05) is 0 Å². The van der Waals surface area contributed by atoms with E-state index < -0.39 is 10.0 Å². The van der Waals surface area contributed by atoms with E-state index in [1.54, 1.807) is 26.0 Å². The third kappa shape index (κ3) is 3.37. The summed E-state index contributed by atoms with van der Waals surface area (Å²) in [6, 6.07) is 4.56. The zero-order valence-electron chi connectivity index (χ0n) is 11.2. The van der Waals surface area contributed by atoms with E-state index in [0.717, 1.165) is 0 Å². The van der Waals surface area contributed by atoms with E-state index >= 15 is 0 Å². The first-order valence-electron chi connectivity index (χ1n) is 5.79. The van der Waals surface area contributed by atoms with Crippen LogP contribution in [0.4, 0.5) is 11.5 Å². The van der Waals surface area contributed by atoms with Crippen LogP contribution in [0.1, 0.15) is 11.1 Å². The van der Waals surface area contributed by atoms with Crippen LogP contribution < -0.4 is 10.5 Å². The highest BCUT2D eigenvalue weighted by atomic mass is 35.5. The van der Waals surface area contributed by atoms with E-state index in [9.17, 15) is 8.42 Å². The highest BCUT2D eigenvalue weighted by molar-refractivity contribution is 7.92. The van der Waals surface area contributed by atoms with Gasteiger partial charge in [0.05, 0.1) is 4.90 Å². The maximum atomic E-state index is 12.5. The minimum atomic E-state index is -3.87. The molecule has 3 N–H and O–H groups in total. The van der Waals surface area contributed by atoms with Gasteiger partial charge in [0.1, 0.15) is 11.0 Å². The van der Waals surface area contributed by atoms with Gasteiger partial charge in [0.15, 0.2) is 0 Å². The second-order valence-electron chi connectivity index (χ2n) is 4.38. The van der Waals surface area contributed by atoms with Gasteiger partial charge in [0, 0.05) is 11.8 Å². The Morgan fingerprint density at radius 2 is 1.86 bits per heavy atom. The molecule has 2 rings (SSSR count). The van der Waals surface area contributed by atoms with Crippen LogP contribution in [0, 0.1) is 13.8 Å². The summed E-state index contributed by atoms with van der Waals surface area (Å²) in [7, 11) is -3.87. The second-order valence-corrected chi connectivity index (χ2v) is 6.72. The summed E-state index contributed by atoms with van der Waals surface area (Å²) in [5.74, 6) is -0.0128. The fourth-order valence-corrected chi connectivity index (χ4v) is 3.79. The first kappa shape index (κ1) is 15.8. The number of halogens is 2. The van der Waals surface area contributed by atoms with Crippen LogP contribution in [0.5, 0.6) is 0 Å². The lowest BCUT2D eigenvalue weighted by Crippen LogP contribution is -2.17. The number of anilines is 2. The Morgan fingerprint density at radius 3 is 2.48 bits per heavy atom. The van der Waals surface area contributed by atoms with E-state index in [2.05, 4.69) is 14.7 Å². The molecule has 0 unspecified atom stereocenters. The highest BCUT2D eigenvalue weighted by Gasteiger charge is 2.22. The molecular formula is C12H12Cl2N4O2S. The molecule has 0 fully saturated rings. The van der Waals surface area contributed by atoms with Crippen LogP contribution in [0.25, 0.3) is 0 Å². The average molecular weight is 347 g/mol. The van der Waals surface area contributed by atoms with Crippen molar-refractivity contribution in [3.8, 4) is 0 Å². The van der Waals surface area contributed by atoms with Crippen LogP contribution in [-0.2, 0) is 10.0 Å². The number of aromatic nitrogens is 2. The molecule has 0 saturated heterocycles. The summed E-state index contributed by atoms with van der Waals surface area (Å²) < 4.78 is 27.3. The van der Waals surface area contributed by atoms with Gasteiger partial charge < -0.3 is 5.73 Å². The number of nitrogens with two attached hydrogens (primary N) is 1. The van der Waals surface area contributed by atoms with Crippen molar-refractivity contribution in [1.82, 2.24) is 9.97 Å².